The van der Waals surface area contributed by atoms with E-state index >= 15 is 0 Å². The van der Waals surface area contributed by atoms with Crippen LogP contribution in [0.15, 0.2) is 148 Å². The molecular formula is C33H25F6IO7S3. The van der Waals surface area contributed by atoms with E-state index in [0.717, 1.165) is 0 Å². The van der Waals surface area contributed by atoms with E-state index in [1.165, 1.54) is 78.9 Å². The third kappa shape index (κ3) is 7.97. The van der Waals surface area contributed by atoms with Crippen LogP contribution in [-0.2, 0) is 26.4 Å². The van der Waals surface area contributed by atoms with Crippen molar-refractivity contribution < 1.29 is 54.1 Å². The zero-order valence-corrected chi connectivity index (χ0v) is 30.0. The summed E-state index contributed by atoms with van der Waals surface area (Å²) in [5.41, 5.74) is -10.8. The fourth-order valence-corrected chi connectivity index (χ4v) is 16.0. The number of ether oxygens (including phenoxy) is 1. The Morgan fingerprint density at radius 2 is 0.940 bits per heavy atom. The number of rotatable bonds is 11. The molecule has 0 radical (unpaired) electrons. The van der Waals surface area contributed by atoms with Crippen LogP contribution in [0.3, 0.4) is 0 Å². The SMILES string of the molecule is Cc1ccccc1I(OS(=O)(=O)C(F)(F)F)c1ccc(Oc2ccc(S(OS(=O)(=O)C(F)(F)F)(c3ccccc3)c3ccccc3)cc2)cc1. The molecule has 0 spiro atoms. The molecule has 5 aromatic rings. The summed E-state index contributed by atoms with van der Waals surface area (Å²) in [4.78, 5) is 0.443. The van der Waals surface area contributed by atoms with Gasteiger partial charge in [0.25, 0.3) is 0 Å². The summed E-state index contributed by atoms with van der Waals surface area (Å²) in [6.07, 6.45) is 0. The molecule has 0 unspecified atom stereocenters. The number of halogens is 7. The van der Waals surface area contributed by atoms with E-state index in [0.29, 0.717) is 9.13 Å². The van der Waals surface area contributed by atoms with Gasteiger partial charge >= 0.3 is 237 Å². The van der Waals surface area contributed by atoms with Crippen molar-refractivity contribution >= 4 is 50.8 Å². The van der Waals surface area contributed by atoms with Crippen molar-refractivity contribution in [2.24, 2.45) is 0 Å². The third-order valence-corrected chi connectivity index (χ3v) is 19.1. The summed E-state index contributed by atoms with van der Waals surface area (Å²) in [7, 11) is -15.6. The quantitative estimate of drug-likeness (QED) is 0.0741. The van der Waals surface area contributed by atoms with Gasteiger partial charge < -0.3 is 0 Å². The van der Waals surface area contributed by atoms with E-state index in [2.05, 4.69) is 0 Å². The standard InChI is InChI=1S/C33H25F6IO7S3/c1-24-10-8-9-15-31(24)40(46-49(41,42)32(34,35)36)25-16-18-26(19-17-25)45-27-20-22-30(23-21-27)48(28-11-4-2-5-12-28,29-13-6-3-7-14-29)47-50(43,44)33(37,38)39/h2-23H,1H3. The molecule has 0 aliphatic carbocycles. The van der Waals surface area contributed by atoms with Crippen molar-refractivity contribution in [2.45, 2.75) is 32.6 Å². The number of benzene rings is 5. The number of aryl methyl sites for hydroxylation is 1. The van der Waals surface area contributed by atoms with Crippen molar-refractivity contribution in [3.05, 3.63) is 146 Å². The molecule has 17 heteroatoms. The molecule has 0 aliphatic heterocycles. The molecule has 5 aromatic carbocycles. The molecule has 0 amide bonds. The monoisotopic (exact) mass is 870 g/mol. The van der Waals surface area contributed by atoms with Crippen LogP contribution in [0.4, 0.5) is 26.3 Å². The number of alkyl halides is 6. The Morgan fingerprint density at radius 1 is 0.520 bits per heavy atom. The Morgan fingerprint density at radius 3 is 1.40 bits per heavy atom. The molecule has 0 heterocycles. The van der Waals surface area contributed by atoms with Gasteiger partial charge in [-0.15, -0.1) is 0 Å². The summed E-state index contributed by atoms with van der Waals surface area (Å²) in [6, 6.07) is 32.8. The van der Waals surface area contributed by atoms with Gasteiger partial charge in [0.2, 0.25) is 0 Å². The second-order valence-electron chi connectivity index (χ2n) is 10.1. The van der Waals surface area contributed by atoms with Crippen LogP contribution in [0.25, 0.3) is 0 Å². The van der Waals surface area contributed by atoms with E-state index in [1.54, 1.807) is 61.5 Å². The van der Waals surface area contributed by atoms with Gasteiger partial charge in [0.05, 0.1) is 0 Å². The van der Waals surface area contributed by atoms with E-state index in [9.17, 15) is 43.2 Å². The van der Waals surface area contributed by atoms with Crippen LogP contribution < -0.4 is 4.74 Å². The Kier molecular flexibility index (Phi) is 10.9. The summed E-state index contributed by atoms with van der Waals surface area (Å²) in [5.74, 6) is 0.348. The van der Waals surface area contributed by atoms with Gasteiger partial charge in [0.1, 0.15) is 0 Å². The van der Waals surface area contributed by atoms with Crippen molar-refractivity contribution in [3.63, 3.8) is 0 Å². The zero-order valence-electron chi connectivity index (χ0n) is 25.4. The average molecular weight is 871 g/mol. The normalized spacial score (nSPS) is 13.5. The van der Waals surface area contributed by atoms with Gasteiger partial charge in [0, 0.05) is 0 Å². The van der Waals surface area contributed by atoms with E-state index in [4.69, 9.17) is 10.9 Å². The van der Waals surface area contributed by atoms with Crippen LogP contribution in [0.2, 0.25) is 0 Å². The molecule has 0 N–H and O–H groups in total. The van der Waals surface area contributed by atoms with Crippen molar-refractivity contribution in [3.8, 4) is 11.5 Å². The molecule has 5 rings (SSSR count). The van der Waals surface area contributed by atoms with Crippen LogP contribution in [0.5, 0.6) is 11.5 Å². The average Bonchev–Trinajstić information content (AvgIpc) is 3.07. The van der Waals surface area contributed by atoms with Crippen molar-refractivity contribution in [1.29, 1.82) is 0 Å². The van der Waals surface area contributed by atoms with E-state index in [1.807, 2.05) is 0 Å². The molecule has 0 atom stereocenters. The second kappa shape index (κ2) is 14.5. The predicted molar refractivity (Wildman–Crippen MR) is 183 cm³/mol. The Labute approximate surface area is 293 Å². The first-order valence-electron chi connectivity index (χ1n) is 14.1. The number of hydrogen-bond donors (Lipinski definition) is 0. The molecular weight excluding hydrogens is 845 g/mol. The second-order valence-corrected chi connectivity index (χ2v) is 21.0. The van der Waals surface area contributed by atoms with Crippen LogP contribution in [-0.4, -0.2) is 27.9 Å². The van der Waals surface area contributed by atoms with Crippen LogP contribution in [0, 0.1) is 14.1 Å². The van der Waals surface area contributed by atoms with Gasteiger partial charge in [-0.05, 0) is 0 Å². The molecule has 0 saturated heterocycles. The van der Waals surface area contributed by atoms with Crippen molar-refractivity contribution in [2.75, 3.05) is 0 Å². The zero-order chi connectivity index (χ0) is 36.4. The van der Waals surface area contributed by atoms with E-state index < -0.39 is 61.8 Å². The summed E-state index contributed by atoms with van der Waals surface area (Å²) in [6.45, 7) is 1.63. The van der Waals surface area contributed by atoms with Gasteiger partial charge in [-0.2, -0.15) is 21.6 Å². The fraction of sp³-hybridized carbons (Fsp3) is 0.0909. The predicted octanol–water partition coefficient (Wildman–Crippen LogP) is 10.2. The third-order valence-electron chi connectivity index (χ3n) is 6.72. The molecule has 0 aliphatic rings. The molecule has 0 bridgehead atoms. The van der Waals surface area contributed by atoms with Crippen LogP contribution >= 0.6 is 30.5 Å². The first kappa shape index (κ1) is 37.6. The van der Waals surface area contributed by atoms with Gasteiger partial charge in [-0.25, -0.2) is 0 Å². The maximum absolute atomic E-state index is 13.7. The maximum atomic E-state index is 13.7. The van der Waals surface area contributed by atoms with E-state index in [-0.39, 0.29) is 29.8 Å². The minimum atomic E-state index is -6.11. The number of hydrogen-bond acceptors (Lipinski definition) is 7. The topological polar surface area (TPSA) is 96.0 Å². The Balaban J connectivity index is 1.50. The Bertz CT molecular complexity index is 2110. The Hall–Kier alpha value is -3.62. The molecule has 0 aromatic heterocycles. The molecule has 7 nitrogen and oxygen atoms in total. The first-order chi connectivity index (χ1) is 23.4. The minimum absolute atomic E-state index is 0.0984. The van der Waals surface area contributed by atoms with Crippen LogP contribution in [0.1, 0.15) is 5.56 Å². The van der Waals surface area contributed by atoms with Crippen molar-refractivity contribution in [1.82, 2.24) is 0 Å². The first-order valence-corrected chi connectivity index (χ1v) is 21.5. The summed E-state index contributed by atoms with van der Waals surface area (Å²) < 4.78 is 147. The van der Waals surface area contributed by atoms with Gasteiger partial charge in [0.15, 0.2) is 0 Å². The molecule has 266 valence electrons. The van der Waals surface area contributed by atoms with Gasteiger partial charge in [-0.3, -0.25) is 0 Å². The summed E-state index contributed by atoms with van der Waals surface area (Å²) >= 11 is -3.67. The molecule has 50 heavy (non-hydrogen) atoms. The fourth-order valence-electron chi connectivity index (χ4n) is 4.43. The molecule has 0 saturated carbocycles. The molecule has 0 fully saturated rings. The summed E-state index contributed by atoms with van der Waals surface area (Å²) in [5, 5.41) is 0. The van der Waals surface area contributed by atoms with Gasteiger partial charge in [-0.1, -0.05) is 36.4 Å².